The molecule has 1 saturated heterocycles. The van der Waals surface area contributed by atoms with Gasteiger partial charge in [-0.3, -0.25) is 0 Å². The van der Waals surface area contributed by atoms with Gasteiger partial charge in [-0.15, -0.1) is 0 Å². The molecule has 0 aliphatic carbocycles. The van der Waals surface area contributed by atoms with Gasteiger partial charge in [-0.25, -0.2) is 9.97 Å². The number of nitrogens with one attached hydrogen (secondary N) is 1. The SMILES string of the molecule is CN1CCC(Oc2cccc3ncnc(Nc4ccc(OCc5ccccc5Br)c(Cl)c4)c23)CC1. The number of nitrogens with zero attached hydrogens (tertiary/aromatic N) is 3. The number of halogens is 2. The molecule has 35 heavy (non-hydrogen) atoms. The summed E-state index contributed by atoms with van der Waals surface area (Å²) in [7, 11) is 2.14. The summed E-state index contributed by atoms with van der Waals surface area (Å²) in [6.07, 6.45) is 3.74. The topological polar surface area (TPSA) is 59.5 Å². The van der Waals surface area contributed by atoms with Crippen LogP contribution in [0.5, 0.6) is 11.5 Å². The first kappa shape index (κ1) is 23.9. The number of aromatic nitrogens is 2. The van der Waals surface area contributed by atoms with Gasteiger partial charge in [-0.2, -0.15) is 0 Å². The van der Waals surface area contributed by atoms with Gasteiger partial charge in [0.25, 0.3) is 0 Å². The molecule has 4 aromatic rings. The van der Waals surface area contributed by atoms with Crippen LogP contribution in [0.4, 0.5) is 11.5 Å². The molecule has 6 nitrogen and oxygen atoms in total. The fraction of sp³-hybridized carbons (Fsp3) is 0.259. The molecule has 180 valence electrons. The van der Waals surface area contributed by atoms with E-state index in [0.29, 0.717) is 23.2 Å². The highest BCUT2D eigenvalue weighted by atomic mass is 79.9. The zero-order valence-electron chi connectivity index (χ0n) is 19.4. The van der Waals surface area contributed by atoms with Crippen molar-refractivity contribution in [2.75, 3.05) is 25.5 Å². The maximum Gasteiger partial charge on any atom is 0.145 e. The van der Waals surface area contributed by atoms with E-state index >= 15 is 0 Å². The maximum atomic E-state index is 6.55. The second-order valence-electron chi connectivity index (χ2n) is 8.64. The number of rotatable bonds is 7. The Hall–Kier alpha value is -2.87. The molecule has 0 radical (unpaired) electrons. The van der Waals surface area contributed by atoms with Gasteiger partial charge < -0.3 is 19.7 Å². The Labute approximate surface area is 218 Å². The molecule has 8 heteroatoms. The van der Waals surface area contributed by atoms with Crippen LogP contribution < -0.4 is 14.8 Å². The Balaban J connectivity index is 1.35. The number of hydrogen-bond donors (Lipinski definition) is 1. The fourth-order valence-electron chi connectivity index (χ4n) is 4.16. The number of hydrogen-bond acceptors (Lipinski definition) is 6. The molecular formula is C27H26BrClN4O2. The third-order valence-electron chi connectivity index (χ3n) is 6.12. The van der Waals surface area contributed by atoms with Gasteiger partial charge in [0.05, 0.1) is 15.9 Å². The first-order valence-corrected chi connectivity index (χ1v) is 12.8. The van der Waals surface area contributed by atoms with Gasteiger partial charge in [0, 0.05) is 28.8 Å². The first-order valence-electron chi connectivity index (χ1n) is 11.6. The van der Waals surface area contributed by atoms with Crippen molar-refractivity contribution in [3.05, 3.63) is 82.0 Å². The molecule has 0 unspecified atom stereocenters. The molecule has 0 atom stereocenters. The first-order chi connectivity index (χ1) is 17.1. The van der Waals surface area contributed by atoms with Crippen molar-refractivity contribution in [3.63, 3.8) is 0 Å². The summed E-state index contributed by atoms with van der Waals surface area (Å²) in [5.41, 5.74) is 2.68. The lowest BCUT2D eigenvalue weighted by Gasteiger charge is -2.29. The van der Waals surface area contributed by atoms with Crippen molar-refractivity contribution in [1.29, 1.82) is 0 Å². The average Bonchev–Trinajstić information content (AvgIpc) is 2.86. The monoisotopic (exact) mass is 552 g/mol. The number of piperidine rings is 1. The minimum Gasteiger partial charge on any atom is -0.489 e. The van der Waals surface area contributed by atoms with E-state index in [2.05, 4.69) is 43.2 Å². The van der Waals surface area contributed by atoms with Crippen molar-refractivity contribution < 1.29 is 9.47 Å². The minimum absolute atomic E-state index is 0.181. The van der Waals surface area contributed by atoms with E-state index in [-0.39, 0.29) is 6.10 Å². The second-order valence-corrected chi connectivity index (χ2v) is 9.90. The summed E-state index contributed by atoms with van der Waals surface area (Å²) in [6.45, 7) is 2.48. The average molecular weight is 554 g/mol. The third-order valence-corrected chi connectivity index (χ3v) is 7.19. The molecular weight excluding hydrogens is 528 g/mol. The van der Waals surface area contributed by atoms with Gasteiger partial charge in [0.1, 0.15) is 36.4 Å². The standard InChI is InChI=1S/C27H26BrClN4O2/c1-33-13-11-20(12-14-33)35-25-8-4-7-23-26(25)27(31-17-30-23)32-19-9-10-24(22(29)15-19)34-16-18-5-2-3-6-21(18)28/h2-10,15,17,20H,11-14,16H2,1H3,(H,30,31,32). The predicted octanol–water partition coefficient (Wildman–Crippen LogP) is 6.84. The molecule has 1 aromatic heterocycles. The Morgan fingerprint density at radius 3 is 2.66 bits per heavy atom. The van der Waals surface area contributed by atoms with E-state index in [1.54, 1.807) is 6.33 Å². The second kappa shape index (κ2) is 10.8. The highest BCUT2D eigenvalue weighted by Crippen LogP contribution is 2.35. The Bertz CT molecular complexity index is 1320. The number of ether oxygens (including phenoxy) is 2. The summed E-state index contributed by atoms with van der Waals surface area (Å²) >= 11 is 10.1. The Morgan fingerprint density at radius 2 is 1.86 bits per heavy atom. The van der Waals surface area contributed by atoms with Crippen molar-refractivity contribution in [2.45, 2.75) is 25.6 Å². The highest BCUT2D eigenvalue weighted by molar-refractivity contribution is 9.10. The number of anilines is 2. The van der Waals surface area contributed by atoms with Crippen LogP contribution in [0.25, 0.3) is 10.9 Å². The Kier molecular flexibility index (Phi) is 7.37. The van der Waals surface area contributed by atoms with Crippen molar-refractivity contribution in [1.82, 2.24) is 14.9 Å². The summed E-state index contributed by atoms with van der Waals surface area (Å²) in [5.74, 6) is 2.09. The van der Waals surface area contributed by atoms with Crippen LogP contribution in [0.15, 0.2) is 71.5 Å². The van der Waals surface area contributed by atoms with E-state index in [9.17, 15) is 0 Å². The molecule has 5 rings (SSSR count). The van der Waals surface area contributed by atoms with Crippen LogP contribution in [0.2, 0.25) is 5.02 Å². The van der Waals surface area contributed by atoms with Gasteiger partial charge in [-0.1, -0.05) is 51.8 Å². The van der Waals surface area contributed by atoms with Crippen molar-refractivity contribution in [3.8, 4) is 11.5 Å². The van der Waals surface area contributed by atoms with Crippen LogP contribution in [-0.2, 0) is 6.61 Å². The highest BCUT2D eigenvalue weighted by Gasteiger charge is 2.20. The van der Waals surface area contributed by atoms with Gasteiger partial charge in [0.15, 0.2) is 0 Å². The lowest BCUT2D eigenvalue weighted by Crippen LogP contribution is -2.35. The molecule has 1 fully saturated rings. The molecule has 0 amide bonds. The molecule has 1 aliphatic heterocycles. The molecule has 0 bridgehead atoms. The van der Waals surface area contributed by atoms with E-state index in [1.165, 1.54) is 0 Å². The largest absolute Gasteiger partial charge is 0.489 e. The smallest absolute Gasteiger partial charge is 0.145 e. The molecule has 1 aliphatic rings. The van der Waals surface area contributed by atoms with Gasteiger partial charge in [0.2, 0.25) is 0 Å². The van der Waals surface area contributed by atoms with Gasteiger partial charge in [-0.05, 0) is 56.3 Å². The van der Waals surface area contributed by atoms with E-state index in [1.807, 2.05) is 60.7 Å². The van der Waals surface area contributed by atoms with E-state index in [0.717, 1.165) is 58.3 Å². The summed E-state index contributed by atoms with van der Waals surface area (Å²) in [5, 5.41) is 4.77. The lowest BCUT2D eigenvalue weighted by molar-refractivity contribution is 0.116. The van der Waals surface area contributed by atoms with Crippen LogP contribution in [-0.4, -0.2) is 41.1 Å². The van der Waals surface area contributed by atoms with Crippen molar-refractivity contribution in [2.24, 2.45) is 0 Å². The molecule has 1 N–H and O–H groups in total. The molecule has 2 heterocycles. The predicted molar refractivity (Wildman–Crippen MR) is 144 cm³/mol. The zero-order valence-corrected chi connectivity index (χ0v) is 21.7. The lowest BCUT2D eigenvalue weighted by atomic mass is 10.1. The zero-order chi connectivity index (χ0) is 24.2. The summed E-state index contributed by atoms with van der Waals surface area (Å²) in [6, 6.07) is 19.5. The Morgan fingerprint density at radius 1 is 1.03 bits per heavy atom. The number of likely N-dealkylation sites (tertiary alicyclic amines) is 1. The fourth-order valence-corrected chi connectivity index (χ4v) is 4.79. The quantitative estimate of drug-likeness (QED) is 0.270. The minimum atomic E-state index is 0.181. The van der Waals surface area contributed by atoms with Crippen LogP contribution in [0.1, 0.15) is 18.4 Å². The maximum absolute atomic E-state index is 6.55. The molecule has 3 aromatic carbocycles. The normalized spacial score (nSPS) is 14.7. The summed E-state index contributed by atoms with van der Waals surface area (Å²) in [4.78, 5) is 11.3. The summed E-state index contributed by atoms with van der Waals surface area (Å²) < 4.78 is 13.4. The van der Waals surface area contributed by atoms with Crippen LogP contribution in [0.3, 0.4) is 0 Å². The number of fused-ring (bicyclic) bond motifs is 1. The van der Waals surface area contributed by atoms with Crippen molar-refractivity contribution >= 4 is 49.9 Å². The van der Waals surface area contributed by atoms with Crippen LogP contribution in [0, 0.1) is 0 Å². The van der Waals surface area contributed by atoms with E-state index < -0.39 is 0 Å². The van der Waals surface area contributed by atoms with Crippen LogP contribution >= 0.6 is 27.5 Å². The van der Waals surface area contributed by atoms with Gasteiger partial charge >= 0.3 is 0 Å². The molecule has 0 spiro atoms. The third kappa shape index (κ3) is 5.69. The van der Waals surface area contributed by atoms with E-state index in [4.69, 9.17) is 21.1 Å². The number of benzene rings is 3. The molecule has 0 saturated carbocycles.